The van der Waals surface area contributed by atoms with Gasteiger partial charge in [-0.1, -0.05) is 35.9 Å². The second-order valence-electron chi connectivity index (χ2n) is 7.89. The lowest BCUT2D eigenvalue weighted by molar-refractivity contribution is 0.289. The molecule has 3 aromatic rings. The van der Waals surface area contributed by atoms with Crippen LogP contribution in [0, 0.1) is 0 Å². The van der Waals surface area contributed by atoms with E-state index in [1.165, 1.54) is 17.1 Å². The van der Waals surface area contributed by atoms with Gasteiger partial charge in [0, 0.05) is 52.7 Å². The van der Waals surface area contributed by atoms with E-state index in [9.17, 15) is 4.79 Å². The Kier molecular flexibility index (Phi) is 6.46. The Balaban J connectivity index is 1.43. The highest BCUT2D eigenvalue weighted by Gasteiger charge is 2.27. The van der Waals surface area contributed by atoms with Crippen molar-refractivity contribution in [2.75, 3.05) is 31.1 Å². The van der Waals surface area contributed by atoms with Crippen LogP contribution >= 0.6 is 35.1 Å². The van der Waals surface area contributed by atoms with E-state index in [4.69, 9.17) is 16.7 Å². The fraction of sp³-hybridized carbons (Fsp3) is 0.391. The summed E-state index contributed by atoms with van der Waals surface area (Å²) in [5.74, 6) is 3.25. The van der Waals surface area contributed by atoms with Gasteiger partial charge in [0.15, 0.2) is 0 Å². The van der Waals surface area contributed by atoms with Gasteiger partial charge in [-0.3, -0.25) is 0 Å². The van der Waals surface area contributed by atoms with Gasteiger partial charge in [0.1, 0.15) is 5.82 Å². The molecule has 0 spiro atoms. The first-order valence-corrected chi connectivity index (χ1v) is 13.1. The molecule has 1 saturated heterocycles. The number of thioether (sulfide) groups is 2. The van der Waals surface area contributed by atoms with Crippen LogP contribution in [-0.2, 0) is 13.0 Å². The molecule has 5 nitrogen and oxygen atoms in total. The molecule has 0 saturated carbocycles. The van der Waals surface area contributed by atoms with Crippen molar-refractivity contribution in [1.82, 2.24) is 19.2 Å². The lowest BCUT2D eigenvalue weighted by Gasteiger charge is -2.25. The van der Waals surface area contributed by atoms with Crippen molar-refractivity contribution in [1.29, 1.82) is 0 Å². The molecule has 0 aliphatic carbocycles. The molecule has 2 aliphatic heterocycles. The second-order valence-corrected chi connectivity index (χ2v) is 10.8. The standard InChI is InChI=1S/C23H25ClN4OS2/c24-18-8-6-17(7-9-18)21-16-22-25-27(11-3-10-26-12-14-30-15-13-26)23(29)28(22)19-4-1-2-5-20(19)31-21/h1-2,4-9,21H,3,10-16H2. The summed E-state index contributed by atoms with van der Waals surface area (Å²) in [5, 5.41) is 5.70. The Hall–Kier alpha value is -1.67. The first kappa shape index (κ1) is 21.2. The third-order valence-electron chi connectivity index (χ3n) is 5.84. The maximum atomic E-state index is 13.3. The summed E-state index contributed by atoms with van der Waals surface area (Å²) in [7, 11) is 0. The van der Waals surface area contributed by atoms with Crippen LogP contribution in [0.2, 0.25) is 5.02 Å². The van der Waals surface area contributed by atoms with Gasteiger partial charge < -0.3 is 4.90 Å². The molecule has 162 valence electrons. The Morgan fingerprint density at radius 2 is 1.81 bits per heavy atom. The molecule has 0 amide bonds. The van der Waals surface area contributed by atoms with Gasteiger partial charge in [-0.15, -0.1) is 11.8 Å². The normalized spacial score (nSPS) is 18.9. The van der Waals surface area contributed by atoms with Gasteiger partial charge in [-0.25, -0.2) is 14.0 Å². The second kappa shape index (κ2) is 9.45. The van der Waals surface area contributed by atoms with Crippen molar-refractivity contribution in [2.24, 2.45) is 0 Å². The average molecular weight is 473 g/mol. The van der Waals surface area contributed by atoms with Crippen molar-refractivity contribution in [3.8, 4) is 5.69 Å². The number of para-hydroxylation sites is 1. The summed E-state index contributed by atoms with van der Waals surface area (Å²) >= 11 is 9.91. The SMILES string of the molecule is O=c1n(CCCN2CCSCC2)nc2n1-c1ccccc1SC(c1ccc(Cl)cc1)C2. The quantitative estimate of drug-likeness (QED) is 0.546. The number of aryl methyl sites for hydroxylation is 1. The van der Waals surface area contributed by atoms with Crippen LogP contribution < -0.4 is 5.69 Å². The van der Waals surface area contributed by atoms with Gasteiger partial charge in [-0.2, -0.15) is 16.9 Å². The molecule has 0 bridgehead atoms. The largest absolute Gasteiger partial charge is 0.350 e. The van der Waals surface area contributed by atoms with Crippen LogP contribution in [0.25, 0.3) is 5.69 Å². The van der Waals surface area contributed by atoms with Gasteiger partial charge in [-0.05, 0) is 42.8 Å². The molecule has 5 rings (SSSR count). The fourth-order valence-corrected chi connectivity index (χ4v) is 6.58. The molecular weight excluding hydrogens is 448 g/mol. The average Bonchev–Trinajstić information content (AvgIpc) is 2.99. The summed E-state index contributed by atoms with van der Waals surface area (Å²) in [5.41, 5.74) is 2.10. The predicted molar refractivity (Wildman–Crippen MR) is 130 cm³/mol. The summed E-state index contributed by atoms with van der Waals surface area (Å²) in [6.45, 7) is 3.97. The Morgan fingerprint density at radius 1 is 1.03 bits per heavy atom. The van der Waals surface area contributed by atoms with E-state index in [0.29, 0.717) is 13.0 Å². The first-order valence-electron chi connectivity index (χ1n) is 10.7. The Bertz CT molecular complexity index is 1110. The number of hydrogen-bond acceptors (Lipinski definition) is 5. The predicted octanol–water partition coefficient (Wildman–Crippen LogP) is 4.52. The third kappa shape index (κ3) is 4.60. The number of fused-ring (bicyclic) bond motifs is 3. The Labute approximate surface area is 195 Å². The number of hydrogen-bond donors (Lipinski definition) is 0. The van der Waals surface area contributed by atoms with Gasteiger partial charge in [0.25, 0.3) is 0 Å². The summed E-state index contributed by atoms with van der Waals surface area (Å²) in [6, 6.07) is 16.1. The minimum Gasteiger partial charge on any atom is -0.302 e. The van der Waals surface area contributed by atoms with E-state index >= 15 is 0 Å². The lowest BCUT2D eigenvalue weighted by Crippen LogP contribution is -2.34. The minimum atomic E-state index is -0.0333. The van der Waals surface area contributed by atoms with Crippen LogP contribution in [0.3, 0.4) is 0 Å². The monoisotopic (exact) mass is 472 g/mol. The summed E-state index contributed by atoms with van der Waals surface area (Å²) in [6.07, 6.45) is 1.64. The molecule has 8 heteroatoms. The van der Waals surface area contributed by atoms with Crippen molar-refractivity contribution in [3.05, 3.63) is 75.4 Å². The molecule has 0 radical (unpaired) electrons. The van der Waals surface area contributed by atoms with E-state index in [0.717, 1.165) is 47.5 Å². The number of rotatable bonds is 5. The fourth-order valence-electron chi connectivity index (χ4n) is 4.21. The van der Waals surface area contributed by atoms with Crippen molar-refractivity contribution in [3.63, 3.8) is 0 Å². The van der Waals surface area contributed by atoms with E-state index in [1.807, 2.05) is 46.7 Å². The van der Waals surface area contributed by atoms with Crippen molar-refractivity contribution < 1.29 is 0 Å². The molecule has 2 aromatic carbocycles. The Morgan fingerprint density at radius 3 is 2.61 bits per heavy atom. The van der Waals surface area contributed by atoms with Crippen LogP contribution in [0.1, 0.15) is 23.1 Å². The molecule has 1 aromatic heterocycles. The zero-order valence-electron chi connectivity index (χ0n) is 17.2. The summed E-state index contributed by atoms with van der Waals surface area (Å²) < 4.78 is 3.48. The maximum Gasteiger partial charge on any atom is 0.350 e. The van der Waals surface area contributed by atoms with Crippen LogP contribution in [-0.4, -0.2) is 50.4 Å². The maximum absolute atomic E-state index is 13.3. The molecule has 1 atom stereocenters. The van der Waals surface area contributed by atoms with Crippen LogP contribution in [0.4, 0.5) is 0 Å². The zero-order chi connectivity index (χ0) is 21.2. The molecule has 2 aliphatic rings. The van der Waals surface area contributed by atoms with Gasteiger partial charge in [0.2, 0.25) is 0 Å². The summed E-state index contributed by atoms with van der Waals surface area (Å²) in [4.78, 5) is 16.9. The van der Waals surface area contributed by atoms with E-state index in [1.54, 1.807) is 16.4 Å². The molecule has 3 heterocycles. The molecule has 1 fully saturated rings. The highest BCUT2D eigenvalue weighted by atomic mass is 35.5. The van der Waals surface area contributed by atoms with Crippen molar-refractivity contribution >= 4 is 35.1 Å². The lowest BCUT2D eigenvalue weighted by atomic mass is 10.1. The molecule has 31 heavy (non-hydrogen) atoms. The van der Waals surface area contributed by atoms with Gasteiger partial charge >= 0.3 is 5.69 Å². The van der Waals surface area contributed by atoms with E-state index < -0.39 is 0 Å². The number of benzene rings is 2. The smallest absolute Gasteiger partial charge is 0.302 e. The highest BCUT2D eigenvalue weighted by molar-refractivity contribution is 7.99. The number of aromatic nitrogens is 3. The zero-order valence-corrected chi connectivity index (χ0v) is 19.6. The van der Waals surface area contributed by atoms with Crippen LogP contribution in [0.5, 0.6) is 0 Å². The first-order chi connectivity index (χ1) is 15.2. The number of halogens is 1. The molecule has 0 N–H and O–H groups in total. The minimum absolute atomic E-state index is 0.0333. The van der Waals surface area contributed by atoms with Gasteiger partial charge in [0.05, 0.1) is 5.69 Å². The number of nitrogens with zero attached hydrogens (tertiary/aromatic N) is 4. The topological polar surface area (TPSA) is 43.1 Å². The van der Waals surface area contributed by atoms with Crippen molar-refractivity contribution in [2.45, 2.75) is 29.5 Å². The third-order valence-corrected chi connectivity index (χ3v) is 8.36. The van der Waals surface area contributed by atoms with Crippen LogP contribution in [0.15, 0.2) is 58.2 Å². The van der Waals surface area contributed by atoms with E-state index in [2.05, 4.69) is 23.1 Å². The van der Waals surface area contributed by atoms with E-state index in [-0.39, 0.29) is 10.9 Å². The molecule has 1 unspecified atom stereocenters. The molecular formula is C23H25ClN4OS2. The highest BCUT2D eigenvalue weighted by Crippen LogP contribution is 2.42.